The zero-order valence-corrected chi connectivity index (χ0v) is 22.0. The van der Waals surface area contributed by atoms with Crippen LogP contribution in [0.5, 0.6) is 0 Å². The Balaban J connectivity index is 0.000000617. The summed E-state index contributed by atoms with van der Waals surface area (Å²) in [6, 6.07) is 17.9. The number of allylic oxidation sites excluding steroid dienone is 3. The first kappa shape index (κ1) is 23.2. The number of hydrogen-bond donors (Lipinski definition) is 0. The Kier molecular flexibility index (Phi) is 5.72. The number of para-hydroxylation sites is 3. The highest BCUT2D eigenvalue weighted by atomic mass is 15.6. The SMILES string of the molecule is CC.CC.CC1=C(C)C2c3ccccc3[N+]3=C(C)C(C)=C(C)N4c5ccccc5[N+](=C1C)C243. The maximum absolute atomic E-state index is 2.62. The summed E-state index contributed by atoms with van der Waals surface area (Å²) in [4.78, 5) is 2.62. The van der Waals surface area contributed by atoms with Gasteiger partial charge < -0.3 is 0 Å². The molecule has 3 nitrogen and oxygen atoms in total. The molecular weight excluding hydrogens is 402 g/mol. The van der Waals surface area contributed by atoms with E-state index in [1.165, 1.54) is 56.5 Å². The van der Waals surface area contributed by atoms with Crippen LogP contribution in [0.15, 0.2) is 70.9 Å². The smallest absolute Gasteiger partial charge is 0.218 e. The molecule has 4 aliphatic rings. The Morgan fingerprint density at radius 2 is 1.18 bits per heavy atom. The van der Waals surface area contributed by atoms with Crippen LogP contribution in [0.1, 0.15) is 80.7 Å². The van der Waals surface area contributed by atoms with E-state index in [1.54, 1.807) is 0 Å². The highest BCUT2D eigenvalue weighted by Crippen LogP contribution is 2.63. The van der Waals surface area contributed by atoms with Gasteiger partial charge in [-0.2, -0.15) is 0 Å². The molecule has 0 saturated heterocycles. The van der Waals surface area contributed by atoms with Gasteiger partial charge >= 0.3 is 5.79 Å². The molecule has 4 aliphatic heterocycles. The van der Waals surface area contributed by atoms with Gasteiger partial charge in [0.2, 0.25) is 11.4 Å². The molecule has 0 fully saturated rings. The molecule has 2 unspecified atom stereocenters. The number of rotatable bonds is 0. The molecule has 172 valence electrons. The Hall–Kier alpha value is -2.94. The number of benzene rings is 2. The normalized spacial score (nSPS) is 23.9. The topological polar surface area (TPSA) is 9.26 Å². The lowest BCUT2D eigenvalue weighted by Crippen LogP contribution is -2.64. The van der Waals surface area contributed by atoms with Crippen molar-refractivity contribution in [1.29, 1.82) is 0 Å². The minimum atomic E-state index is -0.311. The second-order valence-electron chi connectivity index (χ2n) is 8.86. The lowest BCUT2D eigenvalue weighted by Gasteiger charge is -2.38. The molecule has 2 atom stereocenters. The molecule has 0 amide bonds. The van der Waals surface area contributed by atoms with Crippen molar-refractivity contribution in [2.24, 2.45) is 0 Å². The van der Waals surface area contributed by atoms with Crippen LogP contribution in [0.3, 0.4) is 0 Å². The van der Waals surface area contributed by atoms with Crippen LogP contribution in [0.25, 0.3) is 0 Å². The third-order valence-electron chi connectivity index (χ3n) is 7.89. The Morgan fingerprint density at radius 1 is 0.667 bits per heavy atom. The third kappa shape index (κ3) is 2.57. The second-order valence-corrected chi connectivity index (χ2v) is 8.86. The zero-order valence-electron chi connectivity index (χ0n) is 22.0. The summed E-state index contributed by atoms with van der Waals surface area (Å²) < 4.78 is 5.24. The molecule has 0 saturated carbocycles. The second kappa shape index (κ2) is 8.13. The standard InChI is InChI=1S/C26H27N3.2C2H6/c1-15-16(2)25-21-11-7-8-12-22(21)27-19(5)17(3)20(6)29-24-14-10-9-13-23(24)28(18(15)4)26(25,27)29;2*1-2/h7-14,25H,1-6H3;2*1-2H3/q+2;;. The first-order valence-corrected chi connectivity index (χ1v) is 12.5. The van der Waals surface area contributed by atoms with E-state index in [2.05, 4.69) is 104 Å². The Labute approximate surface area is 200 Å². The van der Waals surface area contributed by atoms with Gasteiger partial charge in [-0.05, 0) is 39.3 Å². The van der Waals surface area contributed by atoms with Crippen molar-refractivity contribution in [2.75, 3.05) is 4.90 Å². The lowest BCUT2D eigenvalue weighted by molar-refractivity contribution is -0.753. The van der Waals surface area contributed by atoms with Crippen molar-refractivity contribution in [2.45, 2.75) is 80.9 Å². The van der Waals surface area contributed by atoms with Crippen LogP contribution in [0.2, 0.25) is 0 Å². The van der Waals surface area contributed by atoms with Crippen molar-refractivity contribution < 1.29 is 9.15 Å². The highest BCUT2D eigenvalue weighted by molar-refractivity contribution is 6.01. The number of fused-ring (bicyclic) bond motifs is 6. The molecule has 0 bridgehead atoms. The monoisotopic (exact) mass is 441 g/mol. The Bertz CT molecular complexity index is 1170. The number of hydrogen-bond acceptors (Lipinski definition) is 1. The third-order valence-corrected chi connectivity index (χ3v) is 7.89. The van der Waals surface area contributed by atoms with E-state index in [-0.39, 0.29) is 11.7 Å². The van der Waals surface area contributed by atoms with Crippen molar-refractivity contribution in [3.05, 3.63) is 76.5 Å². The van der Waals surface area contributed by atoms with Crippen molar-refractivity contribution in [3.8, 4) is 0 Å². The summed E-state index contributed by atoms with van der Waals surface area (Å²) in [6.45, 7) is 21.8. The average Bonchev–Trinajstić information content (AvgIpc) is 3.33. The van der Waals surface area contributed by atoms with E-state index in [9.17, 15) is 0 Å². The van der Waals surface area contributed by atoms with Crippen molar-refractivity contribution in [1.82, 2.24) is 0 Å². The largest absolute Gasteiger partial charge is 0.464 e. The van der Waals surface area contributed by atoms with Crippen LogP contribution >= 0.6 is 0 Å². The van der Waals surface area contributed by atoms with E-state index >= 15 is 0 Å². The Morgan fingerprint density at radius 3 is 1.85 bits per heavy atom. The van der Waals surface area contributed by atoms with E-state index in [0.717, 1.165) is 0 Å². The van der Waals surface area contributed by atoms with Gasteiger partial charge in [0.25, 0.3) is 0 Å². The van der Waals surface area contributed by atoms with E-state index in [1.807, 2.05) is 27.7 Å². The molecule has 0 radical (unpaired) electrons. The maximum atomic E-state index is 2.62. The van der Waals surface area contributed by atoms with Gasteiger partial charge in [-0.3, -0.25) is 0 Å². The molecule has 1 spiro atoms. The summed E-state index contributed by atoms with van der Waals surface area (Å²) in [5.74, 6) is -0.0258. The molecule has 3 heteroatoms. The van der Waals surface area contributed by atoms with E-state index in [0.29, 0.717) is 0 Å². The first-order chi connectivity index (χ1) is 15.9. The fourth-order valence-electron chi connectivity index (χ4n) is 6.28. The number of nitrogens with zero attached hydrogens (tertiary/aromatic N) is 3. The van der Waals surface area contributed by atoms with Crippen LogP contribution in [-0.4, -0.2) is 26.4 Å². The zero-order chi connectivity index (χ0) is 24.2. The summed E-state index contributed by atoms with van der Waals surface area (Å²) in [5.41, 5.74) is 13.7. The van der Waals surface area contributed by atoms with Gasteiger partial charge in [-0.25, -0.2) is 4.90 Å². The van der Waals surface area contributed by atoms with Crippen LogP contribution in [-0.2, 0) is 0 Å². The van der Waals surface area contributed by atoms with Gasteiger partial charge in [0.1, 0.15) is 5.69 Å². The summed E-state index contributed by atoms with van der Waals surface area (Å²) in [5, 5.41) is 0. The molecule has 4 heterocycles. The molecule has 2 aromatic carbocycles. The fraction of sp³-hybridized carbons (Fsp3) is 0.400. The average molecular weight is 442 g/mol. The number of anilines is 1. The summed E-state index contributed by atoms with van der Waals surface area (Å²) in [7, 11) is 0. The molecular formula is C30H39N3+2. The van der Waals surface area contributed by atoms with Gasteiger partial charge in [-0.15, -0.1) is 9.15 Å². The van der Waals surface area contributed by atoms with Crippen LogP contribution in [0, 0.1) is 0 Å². The van der Waals surface area contributed by atoms with Gasteiger partial charge in [0.15, 0.2) is 17.3 Å². The molecule has 0 aromatic heterocycles. The molecule has 2 aromatic rings. The minimum absolute atomic E-state index is 0.285. The van der Waals surface area contributed by atoms with Gasteiger partial charge in [0, 0.05) is 48.4 Å². The van der Waals surface area contributed by atoms with Crippen LogP contribution < -0.4 is 4.90 Å². The predicted molar refractivity (Wildman–Crippen MR) is 141 cm³/mol. The molecule has 6 rings (SSSR count). The first-order valence-electron chi connectivity index (χ1n) is 12.5. The molecule has 0 aliphatic carbocycles. The minimum Gasteiger partial charge on any atom is -0.218 e. The molecule has 0 N–H and O–H groups in total. The van der Waals surface area contributed by atoms with E-state index < -0.39 is 0 Å². The summed E-state index contributed by atoms with van der Waals surface area (Å²) in [6.07, 6.45) is 0. The highest BCUT2D eigenvalue weighted by Gasteiger charge is 2.78. The van der Waals surface area contributed by atoms with Crippen molar-refractivity contribution in [3.63, 3.8) is 0 Å². The van der Waals surface area contributed by atoms with Gasteiger partial charge in [-0.1, -0.05) is 58.0 Å². The maximum Gasteiger partial charge on any atom is 0.464 e. The predicted octanol–water partition coefficient (Wildman–Crippen LogP) is 7.88. The summed E-state index contributed by atoms with van der Waals surface area (Å²) >= 11 is 0. The molecule has 33 heavy (non-hydrogen) atoms. The van der Waals surface area contributed by atoms with Crippen LogP contribution in [0.4, 0.5) is 17.1 Å². The quantitative estimate of drug-likeness (QED) is 0.378. The van der Waals surface area contributed by atoms with Crippen molar-refractivity contribution >= 4 is 28.5 Å². The fourth-order valence-corrected chi connectivity index (χ4v) is 6.28. The lowest BCUT2D eigenvalue weighted by atomic mass is 9.80. The van der Waals surface area contributed by atoms with E-state index in [4.69, 9.17) is 0 Å². The van der Waals surface area contributed by atoms with Gasteiger partial charge in [0.05, 0.1) is 0 Å².